The second-order valence-corrected chi connectivity index (χ2v) is 6.90. The number of anilines is 2. The van der Waals surface area contributed by atoms with Crippen LogP contribution in [0.15, 0.2) is 45.8 Å². The molecule has 0 aliphatic carbocycles. The summed E-state index contributed by atoms with van der Waals surface area (Å²) in [6.07, 6.45) is 0. The number of amides is 1. The van der Waals surface area contributed by atoms with E-state index < -0.39 is 0 Å². The molecule has 0 aliphatic heterocycles. The van der Waals surface area contributed by atoms with Gasteiger partial charge in [-0.3, -0.25) is 4.79 Å². The van der Waals surface area contributed by atoms with E-state index in [-0.39, 0.29) is 11.7 Å². The van der Waals surface area contributed by atoms with Gasteiger partial charge in [0, 0.05) is 20.7 Å². The Labute approximate surface area is 145 Å². The first-order valence-electron chi connectivity index (χ1n) is 5.88. The number of thioether (sulfide) groups is 1. The minimum Gasteiger partial charge on any atom is -0.398 e. The van der Waals surface area contributed by atoms with Crippen molar-refractivity contribution < 1.29 is 4.79 Å². The van der Waals surface area contributed by atoms with Crippen molar-refractivity contribution in [2.45, 2.75) is 4.90 Å². The molecule has 0 aliphatic rings. The number of hydrogen-bond acceptors (Lipinski definition) is 3. The van der Waals surface area contributed by atoms with Gasteiger partial charge in [0.15, 0.2) is 0 Å². The summed E-state index contributed by atoms with van der Waals surface area (Å²) in [5.74, 6) is 0.110. The fourth-order valence-electron chi connectivity index (χ4n) is 1.55. The van der Waals surface area contributed by atoms with Gasteiger partial charge in [-0.1, -0.05) is 39.1 Å². The first kappa shape index (κ1) is 16.5. The summed E-state index contributed by atoms with van der Waals surface area (Å²) in [6, 6.07) is 10.5. The molecular weight excluding hydrogens is 395 g/mol. The van der Waals surface area contributed by atoms with E-state index in [2.05, 4.69) is 21.2 Å². The molecule has 110 valence electrons. The summed E-state index contributed by atoms with van der Waals surface area (Å²) in [6.45, 7) is 0. The van der Waals surface area contributed by atoms with Crippen LogP contribution in [0.2, 0.25) is 10.0 Å². The van der Waals surface area contributed by atoms with Crippen molar-refractivity contribution in [3.05, 3.63) is 50.9 Å². The summed E-state index contributed by atoms with van der Waals surface area (Å²) in [5, 5.41) is 3.61. The number of carbonyl (C=O) groups is 1. The maximum Gasteiger partial charge on any atom is 0.234 e. The SMILES string of the molecule is Nc1ccc(Br)cc1SCC(=O)Nc1ccc(Cl)c(Cl)c1. The van der Waals surface area contributed by atoms with Gasteiger partial charge in [0.05, 0.1) is 15.8 Å². The predicted molar refractivity (Wildman–Crippen MR) is 94.4 cm³/mol. The van der Waals surface area contributed by atoms with Gasteiger partial charge in [0.25, 0.3) is 0 Å². The van der Waals surface area contributed by atoms with Crippen molar-refractivity contribution in [1.82, 2.24) is 0 Å². The van der Waals surface area contributed by atoms with Crippen molar-refractivity contribution >= 4 is 68.2 Å². The number of benzene rings is 2. The van der Waals surface area contributed by atoms with E-state index in [4.69, 9.17) is 28.9 Å². The third kappa shape index (κ3) is 4.81. The van der Waals surface area contributed by atoms with Crippen LogP contribution in [0.4, 0.5) is 11.4 Å². The Bertz CT molecular complexity index is 682. The average molecular weight is 406 g/mol. The lowest BCUT2D eigenvalue weighted by Gasteiger charge is -2.08. The standard InChI is InChI=1S/C14H11BrCl2N2OS/c15-8-1-4-12(18)13(5-8)21-7-14(20)19-9-2-3-10(16)11(17)6-9/h1-6H,7,18H2,(H,19,20). The van der Waals surface area contributed by atoms with E-state index in [1.807, 2.05) is 12.1 Å². The van der Waals surface area contributed by atoms with Gasteiger partial charge in [-0.25, -0.2) is 0 Å². The molecule has 0 fully saturated rings. The second-order valence-electron chi connectivity index (χ2n) is 4.15. The summed E-state index contributed by atoms with van der Waals surface area (Å²) in [7, 11) is 0. The van der Waals surface area contributed by atoms with Gasteiger partial charge in [-0.05, 0) is 36.4 Å². The molecule has 3 nitrogen and oxygen atoms in total. The number of hydrogen-bond donors (Lipinski definition) is 2. The highest BCUT2D eigenvalue weighted by atomic mass is 79.9. The topological polar surface area (TPSA) is 55.1 Å². The molecule has 0 atom stereocenters. The highest BCUT2D eigenvalue weighted by Crippen LogP contribution is 2.29. The molecule has 0 saturated carbocycles. The quantitative estimate of drug-likeness (QED) is 0.551. The van der Waals surface area contributed by atoms with Crippen molar-refractivity contribution in [1.29, 1.82) is 0 Å². The van der Waals surface area contributed by atoms with Crippen molar-refractivity contribution in [3.63, 3.8) is 0 Å². The van der Waals surface area contributed by atoms with Gasteiger partial charge in [-0.15, -0.1) is 11.8 Å². The lowest BCUT2D eigenvalue weighted by atomic mass is 10.3. The Kier molecular flexibility index (Phi) is 5.81. The van der Waals surface area contributed by atoms with E-state index in [1.165, 1.54) is 11.8 Å². The molecule has 0 unspecified atom stereocenters. The van der Waals surface area contributed by atoms with Crippen molar-refractivity contribution in [2.24, 2.45) is 0 Å². The maximum absolute atomic E-state index is 11.9. The number of carbonyl (C=O) groups excluding carboxylic acids is 1. The van der Waals surface area contributed by atoms with Crippen LogP contribution in [0, 0.1) is 0 Å². The Morgan fingerprint density at radius 1 is 1.19 bits per heavy atom. The minimum absolute atomic E-state index is 0.141. The van der Waals surface area contributed by atoms with Crippen LogP contribution < -0.4 is 11.1 Å². The molecular formula is C14H11BrCl2N2OS. The largest absolute Gasteiger partial charge is 0.398 e. The van der Waals surface area contributed by atoms with Crippen LogP contribution in [0.1, 0.15) is 0 Å². The molecule has 0 saturated heterocycles. The third-order valence-corrected chi connectivity index (χ3v) is 4.84. The monoisotopic (exact) mass is 404 g/mol. The minimum atomic E-state index is -0.141. The molecule has 7 heteroatoms. The van der Waals surface area contributed by atoms with Crippen LogP contribution in [0.25, 0.3) is 0 Å². The van der Waals surface area contributed by atoms with Crippen LogP contribution in [0.3, 0.4) is 0 Å². The molecule has 2 rings (SSSR count). The van der Waals surface area contributed by atoms with Crippen LogP contribution in [-0.4, -0.2) is 11.7 Å². The van der Waals surface area contributed by atoms with Crippen LogP contribution in [-0.2, 0) is 4.79 Å². The van der Waals surface area contributed by atoms with Crippen molar-refractivity contribution in [2.75, 3.05) is 16.8 Å². The van der Waals surface area contributed by atoms with E-state index in [1.54, 1.807) is 24.3 Å². The molecule has 2 aromatic carbocycles. The average Bonchev–Trinajstić information content (AvgIpc) is 2.44. The highest BCUT2D eigenvalue weighted by Gasteiger charge is 2.07. The molecule has 0 radical (unpaired) electrons. The fraction of sp³-hybridized carbons (Fsp3) is 0.0714. The first-order valence-corrected chi connectivity index (χ1v) is 8.42. The maximum atomic E-state index is 11.9. The van der Waals surface area contributed by atoms with Crippen molar-refractivity contribution in [3.8, 4) is 0 Å². The zero-order valence-corrected chi connectivity index (χ0v) is 14.6. The van der Waals surface area contributed by atoms with E-state index in [0.717, 1.165) is 9.37 Å². The number of halogens is 3. The molecule has 1 amide bonds. The molecule has 2 aromatic rings. The fourth-order valence-corrected chi connectivity index (χ4v) is 3.16. The molecule has 3 N–H and O–H groups in total. The molecule has 21 heavy (non-hydrogen) atoms. The Morgan fingerprint density at radius 3 is 2.67 bits per heavy atom. The van der Waals surface area contributed by atoms with E-state index in [9.17, 15) is 4.79 Å². The second kappa shape index (κ2) is 7.40. The van der Waals surface area contributed by atoms with Gasteiger partial charge >= 0.3 is 0 Å². The summed E-state index contributed by atoms with van der Waals surface area (Å²) in [5.41, 5.74) is 7.11. The van der Waals surface area contributed by atoms with Crippen LogP contribution >= 0.6 is 50.9 Å². The Hall–Kier alpha value is -0.880. The van der Waals surface area contributed by atoms with Gasteiger partial charge < -0.3 is 11.1 Å². The summed E-state index contributed by atoms with van der Waals surface area (Å²) < 4.78 is 0.920. The molecule has 0 heterocycles. The smallest absolute Gasteiger partial charge is 0.234 e. The third-order valence-electron chi connectivity index (χ3n) is 2.54. The number of rotatable bonds is 4. The number of nitrogens with two attached hydrogens (primary N) is 1. The van der Waals surface area contributed by atoms with Gasteiger partial charge in [0.1, 0.15) is 0 Å². The molecule has 0 spiro atoms. The lowest BCUT2D eigenvalue weighted by Crippen LogP contribution is -2.14. The van der Waals surface area contributed by atoms with Crippen LogP contribution in [0.5, 0.6) is 0 Å². The Morgan fingerprint density at radius 2 is 1.95 bits per heavy atom. The lowest BCUT2D eigenvalue weighted by molar-refractivity contribution is -0.113. The highest BCUT2D eigenvalue weighted by molar-refractivity contribution is 9.10. The molecule has 0 bridgehead atoms. The number of nitrogens with one attached hydrogen (secondary N) is 1. The zero-order valence-electron chi connectivity index (χ0n) is 10.7. The first-order chi connectivity index (χ1) is 9.95. The zero-order chi connectivity index (χ0) is 15.4. The van der Waals surface area contributed by atoms with E-state index in [0.29, 0.717) is 21.4 Å². The molecule has 0 aromatic heterocycles. The van der Waals surface area contributed by atoms with E-state index >= 15 is 0 Å². The van der Waals surface area contributed by atoms with Gasteiger partial charge in [-0.2, -0.15) is 0 Å². The van der Waals surface area contributed by atoms with Gasteiger partial charge in [0.2, 0.25) is 5.91 Å². The summed E-state index contributed by atoms with van der Waals surface area (Å²) >= 11 is 16.5. The predicted octanol–water partition coefficient (Wildman–Crippen LogP) is 5.07. The Balaban J connectivity index is 1.95. The number of nitrogen functional groups attached to an aromatic ring is 1. The normalized spacial score (nSPS) is 10.4. The summed E-state index contributed by atoms with van der Waals surface area (Å²) in [4.78, 5) is 12.8.